The highest BCUT2D eigenvalue weighted by atomic mass is 19.1. The van der Waals surface area contributed by atoms with Crippen LogP contribution in [-0.2, 0) is 6.42 Å². The second-order valence-corrected chi connectivity index (χ2v) is 10.7. The largest absolute Gasteiger partial charge is 0.491 e. The van der Waals surface area contributed by atoms with Gasteiger partial charge in [-0.05, 0) is 81.1 Å². The summed E-state index contributed by atoms with van der Waals surface area (Å²) in [6.45, 7) is 3.74. The Bertz CT molecular complexity index is 1530. The van der Waals surface area contributed by atoms with E-state index < -0.39 is 22.9 Å². The third-order valence-electron chi connectivity index (χ3n) is 7.94. The molecule has 204 valence electrons. The maximum Gasteiger partial charge on any atom is 0.260 e. The van der Waals surface area contributed by atoms with E-state index >= 15 is 0 Å². The lowest BCUT2D eigenvalue weighted by atomic mass is 9.73. The van der Waals surface area contributed by atoms with Gasteiger partial charge in [-0.2, -0.15) is 0 Å². The zero-order valence-electron chi connectivity index (χ0n) is 22.7. The first kappa shape index (κ1) is 26.9. The van der Waals surface area contributed by atoms with Gasteiger partial charge in [0.25, 0.3) is 5.56 Å². The van der Waals surface area contributed by atoms with Gasteiger partial charge in [0.2, 0.25) is 0 Å². The van der Waals surface area contributed by atoms with Crippen LogP contribution in [0.1, 0.15) is 41.4 Å². The monoisotopic (exact) mass is 533 g/mol. The molecule has 1 fully saturated rings. The number of aromatic nitrogens is 2. The maximum atomic E-state index is 14.9. The predicted molar refractivity (Wildman–Crippen MR) is 147 cm³/mol. The molecule has 7 nitrogen and oxygen atoms in total. The molecule has 0 unspecified atom stereocenters. The van der Waals surface area contributed by atoms with Gasteiger partial charge in [0.05, 0.1) is 19.3 Å². The van der Waals surface area contributed by atoms with Crippen molar-refractivity contribution in [1.82, 2.24) is 14.5 Å². The van der Waals surface area contributed by atoms with Gasteiger partial charge >= 0.3 is 0 Å². The number of anilines is 1. The Morgan fingerprint density at radius 3 is 2.59 bits per heavy atom. The summed E-state index contributed by atoms with van der Waals surface area (Å²) in [5.41, 5.74) is 9.69. The second-order valence-electron chi connectivity index (χ2n) is 10.7. The van der Waals surface area contributed by atoms with Gasteiger partial charge in [-0.25, -0.2) is 13.8 Å². The number of aryl methyl sites for hydroxylation is 1. The van der Waals surface area contributed by atoms with Gasteiger partial charge in [-0.3, -0.25) is 14.3 Å². The van der Waals surface area contributed by atoms with Crippen molar-refractivity contribution in [3.63, 3.8) is 0 Å². The molecule has 1 aliphatic carbocycles. The van der Waals surface area contributed by atoms with Crippen LogP contribution in [0.25, 0.3) is 5.69 Å². The van der Waals surface area contributed by atoms with Crippen LogP contribution in [0.4, 0.5) is 14.6 Å². The van der Waals surface area contributed by atoms with Crippen LogP contribution in [0, 0.1) is 35.8 Å². The Morgan fingerprint density at radius 2 is 1.92 bits per heavy atom. The molecular weight excluding hydrogens is 500 g/mol. The molecule has 9 heteroatoms. The van der Waals surface area contributed by atoms with Gasteiger partial charge in [-0.1, -0.05) is 17.9 Å². The molecule has 0 saturated carbocycles. The van der Waals surface area contributed by atoms with E-state index in [1.54, 1.807) is 6.92 Å². The summed E-state index contributed by atoms with van der Waals surface area (Å²) >= 11 is 0. The molecule has 2 aromatic carbocycles. The molecule has 0 amide bonds. The number of methoxy groups -OCH3 is 1. The number of hydrogen-bond donors (Lipinski definition) is 1. The van der Waals surface area contributed by atoms with E-state index in [4.69, 9.17) is 10.5 Å². The van der Waals surface area contributed by atoms with E-state index in [0.29, 0.717) is 31.3 Å². The van der Waals surface area contributed by atoms with Crippen molar-refractivity contribution in [3.05, 3.63) is 80.9 Å². The Morgan fingerprint density at radius 1 is 1.18 bits per heavy atom. The first-order valence-electron chi connectivity index (χ1n) is 13.0. The minimum atomic E-state index is -0.946. The molecule has 1 spiro atoms. The zero-order chi connectivity index (χ0) is 27.9. The second kappa shape index (κ2) is 10.4. The van der Waals surface area contributed by atoms with Crippen molar-refractivity contribution in [1.29, 1.82) is 0 Å². The van der Waals surface area contributed by atoms with E-state index in [1.807, 2.05) is 19.0 Å². The molecule has 5 rings (SSSR count). The van der Waals surface area contributed by atoms with Gasteiger partial charge in [0.1, 0.15) is 11.6 Å². The molecule has 1 aromatic heterocycles. The molecule has 2 N–H and O–H groups in total. The third-order valence-corrected chi connectivity index (χ3v) is 7.94. The molecule has 1 saturated heterocycles. The topological polar surface area (TPSA) is 76.6 Å². The molecule has 0 bridgehead atoms. The minimum absolute atomic E-state index is 0.0493. The number of benzene rings is 2. The van der Waals surface area contributed by atoms with Gasteiger partial charge in [-0.15, -0.1) is 0 Å². The summed E-state index contributed by atoms with van der Waals surface area (Å²) in [4.78, 5) is 21.8. The smallest absolute Gasteiger partial charge is 0.260 e. The van der Waals surface area contributed by atoms with Crippen molar-refractivity contribution in [2.45, 2.75) is 32.2 Å². The number of ether oxygens (including phenoxy) is 1. The van der Waals surface area contributed by atoms with Gasteiger partial charge in [0.15, 0.2) is 17.4 Å². The standard InChI is InChI=1S/C30H33F2N5O2/c1-19-34-25(17-26(38)37(19)24-10-9-23(31)28(39-4)27(24)32)36-14-11-30(12-15-36)18-21-8-7-20(6-5-13-35(2)3)16-22(21)29(30)33/h7-10,16-17,29H,11-15,18,33H2,1-4H3/t29-/m1/s1. The Labute approximate surface area is 227 Å². The molecule has 39 heavy (non-hydrogen) atoms. The molecule has 1 aliphatic heterocycles. The first-order valence-corrected chi connectivity index (χ1v) is 13.0. The summed E-state index contributed by atoms with van der Waals surface area (Å²) in [5.74, 6) is 4.96. The molecule has 0 radical (unpaired) electrons. The SMILES string of the molecule is COc1c(F)ccc(-n2c(C)nc(N3CCC4(CC3)Cc3ccc(C#CCN(C)C)cc3[C@H]4N)cc2=O)c1F. The Hall–Kier alpha value is -3.74. The number of halogens is 2. The maximum absolute atomic E-state index is 14.9. The third kappa shape index (κ3) is 4.90. The van der Waals surface area contributed by atoms with E-state index in [9.17, 15) is 13.6 Å². The van der Waals surface area contributed by atoms with Crippen molar-refractivity contribution >= 4 is 5.82 Å². The lowest BCUT2D eigenvalue weighted by molar-refractivity contribution is 0.187. The average molecular weight is 534 g/mol. The molecule has 2 aliphatic rings. The average Bonchev–Trinajstić information content (AvgIpc) is 3.16. The molecule has 1 atom stereocenters. The van der Waals surface area contributed by atoms with Crippen LogP contribution in [0.3, 0.4) is 0 Å². The number of rotatable bonds is 4. The van der Waals surface area contributed by atoms with Gasteiger partial charge in [0, 0.05) is 30.8 Å². The fraction of sp³-hybridized carbons (Fsp3) is 0.400. The van der Waals surface area contributed by atoms with Crippen molar-refractivity contribution in [3.8, 4) is 23.3 Å². The number of hydrogen-bond acceptors (Lipinski definition) is 6. The summed E-state index contributed by atoms with van der Waals surface area (Å²) in [6.07, 6.45) is 2.64. The quantitative estimate of drug-likeness (QED) is 0.517. The zero-order valence-corrected chi connectivity index (χ0v) is 22.7. The lowest BCUT2D eigenvalue weighted by Gasteiger charge is -2.42. The van der Waals surface area contributed by atoms with E-state index in [-0.39, 0.29) is 17.1 Å². The fourth-order valence-electron chi connectivity index (χ4n) is 5.83. The van der Waals surface area contributed by atoms with Crippen molar-refractivity contribution in [2.75, 3.05) is 45.7 Å². The molecular formula is C30H33F2N5O2. The van der Waals surface area contributed by atoms with Crippen LogP contribution in [0.2, 0.25) is 0 Å². The van der Waals surface area contributed by atoms with Crippen molar-refractivity contribution in [2.24, 2.45) is 11.1 Å². The summed E-state index contributed by atoms with van der Waals surface area (Å²) in [6, 6.07) is 9.98. The highest BCUT2D eigenvalue weighted by Gasteiger charge is 2.46. The normalized spacial score (nSPS) is 17.7. The van der Waals surface area contributed by atoms with Crippen LogP contribution in [-0.4, -0.2) is 55.3 Å². The summed E-state index contributed by atoms with van der Waals surface area (Å²) in [7, 11) is 5.17. The predicted octanol–water partition coefficient (Wildman–Crippen LogP) is 3.58. The molecule has 2 heterocycles. The van der Waals surface area contributed by atoms with Crippen LogP contribution in [0.5, 0.6) is 5.75 Å². The fourth-order valence-corrected chi connectivity index (χ4v) is 5.83. The van der Waals surface area contributed by atoms with Crippen molar-refractivity contribution < 1.29 is 13.5 Å². The summed E-state index contributed by atoms with van der Waals surface area (Å²) < 4.78 is 34.8. The van der Waals surface area contributed by atoms with Crippen LogP contribution >= 0.6 is 0 Å². The van der Waals surface area contributed by atoms with E-state index in [1.165, 1.54) is 30.4 Å². The number of nitrogens with two attached hydrogens (primary N) is 1. The number of fused-ring (bicyclic) bond motifs is 1. The van der Waals surface area contributed by atoms with E-state index in [0.717, 1.165) is 35.5 Å². The summed E-state index contributed by atoms with van der Waals surface area (Å²) in [5, 5.41) is 0. The van der Waals surface area contributed by atoms with E-state index in [2.05, 4.69) is 39.9 Å². The van der Waals surface area contributed by atoms with Crippen LogP contribution in [0.15, 0.2) is 41.2 Å². The highest BCUT2D eigenvalue weighted by molar-refractivity contribution is 5.48. The molecule has 3 aromatic rings. The van der Waals surface area contributed by atoms with Gasteiger partial charge < -0.3 is 15.4 Å². The number of nitrogens with zero attached hydrogens (tertiary/aromatic N) is 4. The first-order chi connectivity index (χ1) is 18.6. The van der Waals surface area contributed by atoms with Crippen LogP contribution < -0.4 is 20.9 Å². The highest BCUT2D eigenvalue weighted by Crippen LogP contribution is 2.51. The lowest BCUT2D eigenvalue weighted by Crippen LogP contribution is -2.45. The Kier molecular flexibility index (Phi) is 7.19. The Balaban J connectivity index is 1.34. The minimum Gasteiger partial charge on any atom is -0.491 e. The number of piperidine rings is 1.